The molecule has 53 heavy (non-hydrogen) atoms. The fraction of sp³-hybridized carbons (Fsp3) is 0. The lowest BCUT2D eigenvalue weighted by Gasteiger charge is -2.13. The zero-order valence-electron chi connectivity index (χ0n) is 28.5. The second-order valence-corrected chi connectivity index (χ2v) is 13.6. The standard InChI is InChI=1S/C49H29N3O/c1-2-13-31(14-3-1)47-50-48(43-28-35-16-6-7-17-36(35)37-18-8-9-19-38(37)43)52-49(51-47)44-29-42-41-27-34(33-23-22-30-12-4-5-15-32(30)26-33)24-25-45(41)53-46(42)40-21-11-10-20-39(40)44/h1-29H. The van der Waals surface area contributed by atoms with Gasteiger partial charge in [-0.15, -0.1) is 0 Å². The highest BCUT2D eigenvalue weighted by atomic mass is 16.3. The van der Waals surface area contributed by atoms with Gasteiger partial charge in [-0.3, -0.25) is 0 Å². The molecule has 4 heteroatoms. The van der Waals surface area contributed by atoms with Gasteiger partial charge in [0.2, 0.25) is 0 Å². The summed E-state index contributed by atoms with van der Waals surface area (Å²) in [4.78, 5) is 15.7. The SMILES string of the molecule is c1ccc(-c2nc(-c3cc4ccccc4c4ccccc34)nc(-c3cc4c5cc(-c6ccc7ccccc7c6)ccc5oc4c4ccccc34)n2)cc1. The third-order valence-corrected chi connectivity index (χ3v) is 10.5. The van der Waals surface area contributed by atoms with Crippen LogP contribution in [0.25, 0.3) is 110 Å². The second-order valence-electron chi connectivity index (χ2n) is 13.6. The van der Waals surface area contributed by atoms with Crippen LogP contribution in [0.15, 0.2) is 180 Å². The Morgan fingerprint density at radius 2 is 0.868 bits per heavy atom. The molecule has 0 unspecified atom stereocenters. The van der Waals surface area contributed by atoms with Gasteiger partial charge in [-0.2, -0.15) is 0 Å². The van der Waals surface area contributed by atoms with E-state index >= 15 is 0 Å². The Labute approximate surface area is 304 Å². The molecule has 0 bridgehead atoms. The fourth-order valence-corrected chi connectivity index (χ4v) is 7.90. The summed E-state index contributed by atoms with van der Waals surface area (Å²) in [7, 11) is 0. The lowest BCUT2D eigenvalue weighted by molar-refractivity contribution is 0.673. The molecule has 0 spiro atoms. The topological polar surface area (TPSA) is 51.8 Å². The Morgan fingerprint density at radius 1 is 0.302 bits per heavy atom. The predicted molar refractivity (Wildman–Crippen MR) is 219 cm³/mol. The zero-order chi connectivity index (χ0) is 34.9. The van der Waals surface area contributed by atoms with Crippen LogP contribution in [0.5, 0.6) is 0 Å². The van der Waals surface area contributed by atoms with Crippen molar-refractivity contribution in [3.05, 3.63) is 176 Å². The van der Waals surface area contributed by atoms with E-state index in [2.05, 4.69) is 158 Å². The molecule has 0 radical (unpaired) electrons. The highest BCUT2D eigenvalue weighted by Crippen LogP contribution is 2.42. The molecule has 0 aliphatic heterocycles. The first-order chi connectivity index (χ1) is 26.2. The highest BCUT2D eigenvalue weighted by Gasteiger charge is 2.20. The van der Waals surface area contributed by atoms with Gasteiger partial charge in [-0.05, 0) is 79.2 Å². The van der Waals surface area contributed by atoms with Crippen molar-refractivity contribution in [1.82, 2.24) is 15.0 Å². The van der Waals surface area contributed by atoms with Crippen LogP contribution >= 0.6 is 0 Å². The molecule has 246 valence electrons. The maximum absolute atomic E-state index is 6.64. The number of nitrogens with zero attached hydrogens (tertiary/aromatic N) is 3. The van der Waals surface area contributed by atoms with Gasteiger partial charge >= 0.3 is 0 Å². The molecule has 0 saturated heterocycles. The van der Waals surface area contributed by atoms with E-state index in [0.29, 0.717) is 17.5 Å². The van der Waals surface area contributed by atoms with E-state index in [-0.39, 0.29) is 0 Å². The molecule has 0 atom stereocenters. The molecule has 2 aromatic heterocycles. The maximum Gasteiger partial charge on any atom is 0.164 e. The van der Waals surface area contributed by atoms with Crippen molar-refractivity contribution in [2.75, 3.05) is 0 Å². The quantitative estimate of drug-likeness (QED) is 0.174. The summed E-state index contributed by atoms with van der Waals surface area (Å²) in [5, 5.41) is 11.2. The van der Waals surface area contributed by atoms with Gasteiger partial charge in [-0.1, -0.05) is 146 Å². The van der Waals surface area contributed by atoms with Crippen LogP contribution in [0.1, 0.15) is 0 Å². The summed E-state index contributed by atoms with van der Waals surface area (Å²) in [6, 6.07) is 61.6. The molecule has 0 N–H and O–H groups in total. The third-order valence-electron chi connectivity index (χ3n) is 10.5. The minimum atomic E-state index is 0.615. The zero-order valence-corrected chi connectivity index (χ0v) is 28.5. The van der Waals surface area contributed by atoms with Gasteiger partial charge in [0.15, 0.2) is 17.5 Å². The Hall–Kier alpha value is -7.17. The van der Waals surface area contributed by atoms with Gasteiger partial charge in [-0.25, -0.2) is 15.0 Å². The van der Waals surface area contributed by atoms with Crippen LogP contribution in [-0.2, 0) is 0 Å². The molecular formula is C49H29N3O. The van der Waals surface area contributed by atoms with Crippen LogP contribution in [-0.4, -0.2) is 15.0 Å². The normalized spacial score (nSPS) is 11.8. The molecule has 4 nitrogen and oxygen atoms in total. The van der Waals surface area contributed by atoms with Crippen LogP contribution in [0.2, 0.25) is 0 Å². The van der Waals surface area contributed by atoms with Crippen molar-refractivity contribution >= 4 is 65.0 Å². The van der Waals surface area contributed by atoms with Gasteiger partial charge in [0.05, 0.1) is 0 Å². The molecule has 0 aliphatic carbocycles. The van der Waals surface area contributed by atoms with E-state index in [1.807, 2.05) is 18.2 Å². The lowest BCUT2D eigenvalue weighted by atomic mass is 9.96. The Kier molecular flexibility index (Phi) is 6.52. The lowest BCUT2D eigenvalue weighted by Crippen LogP contribution is -2.01. The number of hydrogen-bond donors (Lipinski definition) is 0. The van der Waals surface area contributed by atoms with E-state index < -0.39 is 0 Å². The van der Waals surface area contributed by atoms with Gasteiger partial charge < -0.3 is 4.42 Å². The number of fused-ring (bicyclic) bond motifs is 9. The molecule has 0 aliphatic rings. The summed E-state index contributed by atoms with van der Waals surface area (Å²) in [6.45, 7) is 0. The maximum atomic E-state index is 6.64. The first-order valence-corrected chi connectivity index (χ1v) is 17.9. The molecule has 9 aromatic carbocycles. The van der Waals surface area contributed by atoms with E-state index in [1.54, 1.807) is 0 Å². The smallest absolute Gasteiger partial charge is 0.164 e. The Bertz CT molecular complexity index is 3240. The molecule has 0 saturated carbocycles. The summed E-state index contributed by atoms with van der Waals surface area (Å²) >= 11 is 0. The van der Waals surface area contributed by atoms with Crippen molar-refractivity contribution in [2.45, 2.75) is 0 Å². The van der Waals surface area contributed by atoms with E-state index in [1.165, 1.54) is 21.5 Å². The molecule has 11 aromatic rings. The van der Waals surface area contributed by atoms with Crippen LogP contribution in [0, 0.1) is 0 Å². The molecule has 0 amide bonds. The minimum Gasteiger partial charge on any atom is -0.455 e. The first-order valence-electron chi connectivity index (χ1n) is 17.9. The van der Waals surface area contributed by atoms with E-state index in [0.717, 1.165) is 71.3 Å². The molecular weight excluding hydrogens is 647 g/mol. The van der Waals surface area contributed by atoms with Crippen LogP contribution in [0.4, 0.5) is 0 Å². The summed E-state index contributed by atoms with van der Waals surface area (Å²) in [5.74, 6) is 1.88. The monoisotopic (exact) mass is 675 g/mol. The number of benzene rings is 9. The highest BCUT2D eigenvalue weighted by molar-refractivity contribution is 6.19. The van der Waals surface area contributed by atoms with Crippen molar-refractivity contribution in [1.29, 1.82) is 0 Å². The molecule has 0 fully saturated rings. The van der Waals surface area contributed by atoms with Crippen LogP contribution in [0.3, 0.4) is 0 Å². The predicted octanol–water partition coefficient (Wildman–Crippen LogP) is 13.1. The van der Waals surface area contributed by atoms with Crippen molar-refractivity contribution in [3.8, 4) is 45.3 Å². The van der Waals surface area contributed by atoms with Crippen molar-refractivity contribution in [3.63, 3.8) is 0 Å². The van der Waals surface area contributed by atoms with Crippen molar-refractivity contribution < 1.29 is 4.42 Å². The fourth-order valence-electron chi connectivity index (χ4n) is 7.90. The van der Waals surface area contributed by atoms with Gasteiger partial charge in [0, 0.05) is 32.8 Å². The average molecular weight is 676 g/mol. The van der Waals surface area contributed by atoms with Crippen LogP contribution < -0.4 is 0 Å². The second kappa shape index (κ2) is 11.7. The summed E-state index contributed by atoms with van der Waals surface area (Å²) < 4.78 is 6.64. The minimum absolute atomic E-state index is 0.615. The van der Waals surface area contributed by atoms with Gasteiger partial charge in [0.25, 0.3) is 0 Å². The van der Waals surface area contributed by atoms with Crippen molar-refractivity contribution in [2.24, 2.45) is 0 Å². The Balaban J connectivity index is 1.18. The van der Waals surface area contributed by atoms with Gasteiger partial charge in [0.1, 0.15) is 11.2 Å². The van der Waals surface area contributed by atoms with E-state index in [9.17, 15) is 0 Å². The third kappa shape index (κ3) is 4.80. The number of rotatable bonds is 4. The number of hydrogen-bond acceptors (Lipinski definition) is 4. The average Bonchev–Trinajstić information content (AvgIpc) is 3.61. The Morgan fingerprint density at radius 3 is 1.66 bits per heavy atom. The molecule has 2 heterocycles. The molecule has 11 rings (SSSR count). The summed E-state index contributed by atoms with van der Waals surface area (Å²) in [6.07, 6.45) is 0. The number of aromatic nitrogens is 3. The number of furan rings is 1. The van der Waals surface area contributed by atoms with E-state index in [4.69, 9.17) is 19.4 Å². The summed E-state index contributed by atoms with van der Waals surface area (Å²) in [5.41, 5.74) is 6.83. The largest absolute Gasteiger partial charge is 0.455 e. The first kappa shape index (κ1) is 29.5.